The minimum atomic E-state index is -3.20. The number of rotatable bonds is 7. The molecule has 194 valence electrons. The lowest BCUT2D eigenvalue weighted by atomic mass is 10.0. The predicted octanol–water partition coefficient (Wildman–Crippen LogP) is 13.1. The Morgan fingerprint density at radius 3 is 0.344 bits per heavy atom. The van der Waals surface area contributed by atoms with Crippen molar-refractivity contribution in [3.63, 3.8) is 0 Å². The molecule has 0 spiro atoms. The monoisotopic (exact) mass is 889 g/mol. The highest BCUT2D eigenvalue weighted by Crippen LogP contribution is 2.74. The molecule has 32 heavy (non-hydrogen) atoms. The Balaban J connectivity index is 7.00. The highest BCUT2D eigenvalue weighted by molar-refractivity contribution is 6.85. The van der Waals surface area contributed by atoms with Crippen LogP contribution in [-0.2, 0) is 0 Å². The summed E-state index contributed by atoms with van der Waals surface area (Å²) in [6, 6.07) is 0. The van der Waals surface area contributed by atoms with E-state index in [2.05, 4.69) is 0 Å². The number of halogens is 22. The van der Waals surface area contributed by atoms with E-state index in [9.17, 15) is 0 Å². The first kappa shape index (κ1) is 38.4. The van der Waals surface area contributed by atoms with Gasteiger partial charge in [-0.1, -0.05) is 255 Å². The second-order valence-corrected chi connectivity index (χ2v) is 20.8. The van der Waals surface area contributed by atoms with Crippen LogP contribution in [-0.4, -0.2) is 42.3 Å². The van der Waals surface area contributed by atoms with Gasteiger partial charge in [-0.2, -0.15) is 0 Å². The second-order valence-electron chi connectivity index (χ2n) is 5.59. The lowest BCUT2D eigenvalue weighted by Gasteiger charge is -2.55. The van der Waals surface area contributed by atoms with Gasteiger partial charge in [-0.3, -0.25) is 0 Å². The fraction of sp³-hybridized carbons (Fsp3) is 1.00. The molecule has 0 nitrogen and oxygen atoms in total. The van der Waals surface area contributed by atoms with Gasteiger partial charge < -0.3 is 0 Å². The summed E-state index contributed by atoms with van der Waals surface area (Å²) in [7, 11) is 0. The first-order valence-electron chi connectivity index (χ1n) is 6.41. The van der Waals surface area contributed by atoms with Gasteiger partial charge in [-0.05, 0) is 0 Å². The Morgan fingerprint density at radius 2 is 0.250 bits per heavy atom. The molecule has 0 heterocycles. The summed E-state index contributed by atoms with van der Waals surface area (Å²) >= 11 is 133. The van der Waals surface area contributed by atoms with Gasteiger partial charge in [-0.25, -0.2) is 0 Å². The SMILES string of the molecule is ClC(Cl)(Cl)C(Cl)(Cl)C(Cl)(Cl)C(Cl)(Cl)C(Cl)(Cl)C(Cl)(Cl)C(Cl)(Cl)C(Cl)(Cl)C(Cl)(Cl)C(Cl)(Cl)Cl. The van der Waals surface area contributed by atoms with Crippen molar-refractivity contribution < 1.29 is 0 Å². The Labute approximate surface area is 293 Å². The fourth-order valence-corrected chi connectivity index (χ4v) is 8.10. The van der Waals surface area contributed by atoms with Crippen molar-refractivity contribution in [3.05, 3.63) is 0 Å². The summed E-state index contributed by atoms with van der Waals surface area (Å²) in [5.74, 6) is 0. The zero-order valence-electron chi connectivity index (χ0n) is 13.3. The second kappa shape index (κ2) is 11.2. The van der Waals surface area contributed by atoms with Crippen molar-refractivity contribution in [2.75, 3.05) is 0 Å². The van der Waals surface area contributed by atoms with Gasteiger partial charge in [0.2, 0.25) is 16.3 Å². The average Bonchev–Trinajstić information content (AvgIpc) is 2.51. The molecule has 0 saturated heterocycles. The summed E-state index contributed by atoms with van der Waals surface area (Å²) < 4.78 is -29.9. The number of alkyl halides is 22. The van der Waals surface area contributed by atoms with Crippen LogP contribution in [0.15, 0.2) is 0 Å². The van der Waals surface area contributed by atoms with E-state index in [0.29, 0.717) is 0 Å². The molecule has 0 aromatic heterocycles. The quantitative estimate of drug-likeness (QED) is 0.223. The van der Waals surface area contributed by atoms with Crippen LogP contribution in [0, 0.1) is 0 Å². The average molecular weight is 900 g/mol. The Bertz CT molecular complexity index is 626. The molecule has 0 aromatic carbocycles. The van der Waals surface area contributed by atoms with E-state index in [1.54, 1.807) is 0 Å². The van der Waals surface area contributed by atoms with Gasteiger partial charge in [0.25, 0.3) is 0 Å². The van der Waals surface area contributed by atoms with Crippen LogP contribution in [0.1, 0.15) is 0 Å². The summed E-state index contributed by atoms with van der Waals surface area (Å²) in [6.07, 6.45) is 0. The highest BCUT2D eigenvalue weighted by atomic mass is 35.6. The molecule has 0 amide bonds. The molecule has 0 saturated carbocycles. The zero-order valence-corrected chi connectivity index (χ0v) is 29.9. The summed E-state index contributed by atoms with van der Waals surface area (Å²) in [4.78, 5) is 0. The van der Waals surface area contributed by atoms with Crippen LogP contribution in [0.3, 0.4) is 0 Å². The van der Waals surface area contributed by atoms with Crippen LogP contribution in [0.4, 0.5) is 0 Å². The van der Waals surface area contributed by atoms with Crippen molar-refractivity contribution in [1.29, 1.82) is 0 Å². The fourth-order valence-electron chi connectivity index (χ4n) is 1.54. The first-order chi connectivity index (χ1) is 13.2. The van der Waals surface area contributed by atoms with Gasteiger partial charge >= 0.3 is 0 Å². The third-order valence-electron chi connectivity index (χ3n) is 3.47. The van der Waals surface area contributed by atoms with Crippen LogP contribution in [0.25, 0.3) is 0 Å². The van der Waals surface area contributed by atoms with E-state index >= 15 is 0 Å². The van der Waals surface area contributed by atoms with Crippen molar-refractivity contribution in [2.24, 2.45) is 0 Å². The summed E-state index contributed by atoms with van der Waals surface area (Å²) in [5.41, 5.74) is 0. The van der Waals surface area contributed by atoms with E-state index in [0.717, 1.165) is 0 Å². The summed E-state index contributed by atoms with van der Waals surface area (Å²) in [5, 5.41) is 0. The molecule has 0 unspecified atom stereocenters. The van der Waals surface area contributed by atoms with E-state index in [-0.39, 0.29) is 0 Å². The third kappa shape index (κ3) is 5.96. The van der Waals surface area contributed by atoms with Crippen LogP contribution < -0.4 is 0 Å². The topological polar surface area (TPSA) is 0 Å². The highest BCUT2D eigenvalue weighted by Gasteiger charge is 2.83. The Kier molecular flexibility index (Phi) is 13.5. The van der Waals surface area contributed by atoms with E-state index in [4.69, 9.17) is 255 Å². The van der Waals surface area contributed by atoms with Crippen LogP contribution >= 0.6 is 255 Å². The van der Waals surface area contributed by atoms with E-state index < -0.39 is 42.3 Å². The van der Waals surface area contributed by atoms with Crippen molar-refractivity contribution in [1.82, 2.24) is 0 Å². The maximum atomic E-state index is 6.27. The van der Waals surface area contributed by atoms with Crippen molar-refractivity contribution >= 4 is 255 Å². The lowest BCUT2D eigenvalue weighted by molar-refractivity contribution is 0.438. The van der Waals surface area contributed by atoms with E-state index in [1.165, 1.54) is 0 Å². The molecule has 0 radical (unpaired) electrons. The number of hydrogen-bond donors (Lipinski definition) is 0. The van der Waals surface area contributed by atoms with Gasteiger partial charge in [0.05, 0.1) is 0 Å². The normalized spacial score (nSPS) is 17.1. The molecule has 0 aliphatic carbocycles. The molecule has 0 atom stereocenters. The number of hydrogen-bond acceptors (Lipinski definition) is 0. The Hall–Kier alpha value is 6.38. The first-order valence-corrected chi connectivity index (χ1v) is 14.7. The molecule has 0 rings (SSSR count). The van der Waals surface area contributed by atoms with Gasteiger partial charge in [0.15, 0.2) is 26.0 Å². The molecular formula is C10Cl22. The zero-order chi connectivity index (χ0) is 27.0. The molecule has 0 N–H and O–H groups in total. The molecule has 0 aliphatic rings. The van der Waals surface area contributed by atoms with Crippen LogP contribution in [0.5, 0.6) is 0 Å². The third-order valence-corrected chi connectivity index (χ3v) is 18.1. The molecule has 0 fully saturated rings. The largest absolute Gasteiger partial charge is 0.226 e. The minimum Gasteiger partial charge on any atom is -0.0946 e. The van der Waals surface area contributed by atoms with Gasteiger partial charge in [0.1, 0.15) is 0 Å². The molecular weight excluding hydrogens is 900 g/mol. The predicted molar refractivity (Wildman–Crippen MR) is 156 cm³/mol. The molecule has 0 aliphatic heterocycles. The standard InChI is InChI=1S/C10Cl22/c11-1(12,3(15,16)5(19,20)7(23,24)9(27,28)29)2(13,14)4(17,18)6(21,22)8(25,26)10(30,31)32. The van der Waals surface area contributed by atoms with Gasteiger partial charge in [0, 0.05) is 0 Å². The van der Waals surface area contributed by atoms with Gasteiger partial charge in [-0.15, -0.1) is 0 Å². The van der Waals surface area contributed by atoms with Crippen molar-refractivity contribution in [3.8, 4) is 0 Å². The molecule has 0 aromatic rings. The molecule has 0 bridgehead atoms. The smallest absolute Gasteiger partial charge is 0.0946 e. The van der Waals surface area contributed by atoms with Crippen molar-refractivity contribution in [2.45, 2.75) is 42.3 Å². The summed E-state index contributed by atoms with van der Waals surface area (Å²) in [6.45, 7) is 0. The van der Waals surface area contributed by atoms with E-state index in [1.807, 2.05) is 0 Å². The lowest BCUT2D eigenvalue weighted by Crippen LogP contribution is -2.72. The maximum Gasteiger partial charge on any atom is 0.226 e. The molecule has 22 heteroatoms. The Morgan fingerprint density at radius 1 is 0.156 bits per heavy atom. The maximum absolute atomic E-state index is 6.27. The van der Waals surface area contributed by atoms with Crippen LogP contribution in [0.2, 0.25) is 0 Å². The minimum absolute atomic E-state index is 2.68.